The van der Waals surface area contributed by atoms with Crippen molar-refractivity contribution in [3.63, 3.8) is 0 Å². The second kappa shape index (κ2) is 6.46. The van der Waals surface area contributed by atoms with Crippen LogP contribution in [0, 0.1) is 0 Å². The number of aromatic nitrogens is 4. The van der Waals surface area contributed by atoms with Crippen molar-refractivity contribution in [2.75, 3.05) is 11.9 Å². The summed E-state index contributed by atoms with van der Waals surface area (Å²) in [5, 5.41) is 42.6. The number of ether oxygens (including phenoxy) is 1. The van der Waals surface area contributed by atoms with E-state index in [-0.39, 0.29) is 6.04 Å². The average Bonchev–Trinajstić information content (AvgIpc) is 3.29. The minimum absolute atomic E-state index is 0.0860. The molecule has 2 aliphatic rings. The molecule has 0 amide bonds. The number of rotatable bonds is 4. The fraction of sp³-hybridized carbons (Fsp3) is 0.667. The predicted octanol–water partition coefficient (Wildman–Crippen LogP) is -1.24. The summed E-state index contributed by atoms with van der Waals surface area (Å²) in [7, 11) is 0. The molecule has 3 heterocycles. The third-order valence-corrected chi connectivity index (χ3v) is 4.95. The summed E-state index contributed by atoms with van der Waals surface area (Å²) in [4.78, 5) is 12.7. The lowest BCUT2D eigenvalue weighted by atomic mass is 10.1. The van der Waals surface area contributed by atoms with E-state index < -0.39 is 37.3 Å². The first kappa shape index (κ1) is 16.6. The summed E-state index contributed by atoms with van der Waals surface area (Å²) in [6.07, 6.45) is 0.768. The molecule has 136 valence electrons. The monoisotopic (exact) mass is 351 g/mol. The van der Waals surface area contributed by atoms with Gasteiger partial charge in [0, 0.05) is 0 Å². The van der Waals surface area contributed by atoms with Gasteiger partial charge in [-0.3, -0.25) is 4.57 Å². The Hall–Kier alpha value is -1.85. The van der Waals surface area contributed by atoms with Crippen molar-refractivity contribution in [1.29, 1.82) is 0 Å². The van der Waals surface area contributed by atoms with Crippen LogP contribution in [0.4, 0.5) is 5.82 Å². The molecule has 0 radical (unpaired) electrons. The van der Waals surface area contributed by atoms with Gasteiger partial charge in [0.1, 0.15) is 24.6 Å². The fourth-order valence-electron chi connectivity index (χ4n) is 3.54. The number of aliphatic hydroxyl groups excluding tert-OH is 4. The Morgan fingerprint density at radius 3 is 2.68 bits per heavy atom. The topological polar surface area (TPSA) is 146 Å². The summed E-state index contributed by atoms with van der Waals surface area (Å²) >= 11 is 0. The molecule has 4 rings (SSSR count). The third-order valence-electron chi connectivity index (χ3n) is 4.95. The first-order valence-corrected chi connectivity index (χ1v) is 8.34. The lowest BCUT2D eigenvalue weighted by Gasteiger charge is -2.18. The largest absolute Gasteiger partial charge is 0.394 e. The minimum atomic E-state index is -1.21. The van der Waals surface area contributed by atoms with E-state index in [9.17, 15) is 20.4 Å². The van der Waals surface area contributed by atoms with Crippen LogP contribution in [0.5, 0.6) is 0 Å². The van der Waals surface area contributed by atoms with E-state index in [1.54, 1.807) is 0 Å². The molecule has 2 aromatic heterocycles. The van der Waals surface area contributed by atoms with Crippen molar-refractivity contribution in [3.05, 3.63) is 12.7 Å². The van der Waals surface area contributed by atoms with Gasteiger partial charge in [-0.15, -0.1) is 0 Å². The number of fused-ring (bicyclic) bond motifs is 1. The Morgan fingerprint density at radius 2 is 2.00 bits per heavy atom. The molecule has 25 heavy (non-hydrogen) atoms. The van der Waals surface area contributed by atoms with Crippen molar-refractivity contribution in [2.45, 2.75) is 55.9 Å². The Morgan fingerprint density at radius 1 is 1.16 bits per heavy atom. The molecular weight excluding hydrogens is 330 g/mol. The summed E-state index contributed by atoms with van der Waals surface area (Å²) in [6, 6.07) is -0.0860. The molecule has 10 heteroatoms. The first-order chi connectivity index (χ1) is 12.1. The SMILES string of the molecule is OC[C@H]1OC(n2cnc3c(N[C@@H]4CCC[C@H]4O)ncnc32)[C@H](O)[C@@H]1O. The Kier molecular flexibility index (Phi) is 4.29. The molecule has 2 fully saturated rings. The molecule has 0 spiro atoms. The van der Waals surface area contributed by atoms with E-state index in [1.807, 2.05) is 0 Å². The number of hydrogen-bond donors (Lipinski definition) is 5. The highest BCUT2D eigenvalue weighted by atomic mass is 16.6. The molecule has 1 unspecified atom stereocenters. The van der Waals surface area contributed by atoms with Crippen LogP contribution in [0.15, 0.2) is 12.7 Å². The Bertz CT molecular complexity index is 755. The van der Waals surface area contributed by atoms with Crippen molar-refractivity contribution >= 4 is 17.0 Å². The van der Waals surface area contributed by atoms with Crippen LogP contribution in [0.2, 0.25) is 0 Å². The average molecular weight is 351 g/mol. The van der Waals surface area contributed by atoms with E-state index >= 15 is 0 Å². The van der Waals surface area contributed by atoms with Crippen LogP contribution in [-0.2, 0) is 4.74 Å². The number of aliphatic hydroxyl groups is 4. The van der Waals surface area contributed by atoms with Crippen LogP contribution in [0.3, 0.4) is 0 Å². The summed E-state index contributed by atoms with van der Waals surface area (Å²) < 4.78 is 7.04. The van der Waals surface area contributed by atoms with Gasteiger partial charge in [-0.05, 0) is 19.3 Å². The zero-order valence-corrected chi connectivity index (χ0v) is 13.4. The highest BCUT2D eigenvalue weighted by Gasteiger charge is 2.44. The molecule has 6 atom stereocenters. The Balaban J connectivity index is 1.65. The van der Waals surface area contributed by atoms with E-state index in [4.69, 9.17) is 4.74 Å². The smallest absolute Gasteiger partial charge is 0.167 e. The highest BCUT2D eigenvalue weighted by molar-refractivity contribution is 5.82. The molecular formula is C15H21N5O5. The van der Waals surface area contributed by atoms with E-state index in [2.05, 4.69) is 20.3 Å². The van der Waals surface area contributed by atoms with Gasteiger partial charge in [-0.2, -0.15) is 0 Å². The van der Waals surface area contributed by atoms with E-state index in [0.717, 1.165) is 19.3 Å². The number of hydrogen-bond acceptors (Lipinski definition) is 9. The zero-order chi connectivity index (χ0) is 17.6. The van der Waals surface area contributed by atoms with E-state index in [1.165, 1.54) is 17.2 Å². The third kappa shape index (κ3) is 2.75. The fourth-order valence-corrected chi connectivity index (χ4v) is 3.54. The second-order valence-corrected chi connectivity index (χ2v) is 6.52. The number of imidazole rings is 1. The van der Waals surface area contributed by atoms with E-state index in [0.29, 0.717) is 17.0 Å². The zero-order valence-electron chi connectivity index (χ0n) is 13.4. The quantitative estimate of drug-likeness (QED) is 0.456. The first-order valence-electron chi connectivity index (χ1n) is 8.34. The molecule has 1 aliphatic heterocycles. The van der Waals surface area contributed by atoms with Crippen LogP contribution < -0.4 is 5.32 Å². The van der Waals surface area contributed by atoms with Gasteiger partial charge in [0.15, 0.2) is 23.2 Å². The Labute approximate surface area is 143 Å². The van der Waals surface area contributed by atoms with Crippen molar-refractivity contribution in [3.8, 4) is 0 Å². The molecule has 0 bridgehead atoms. The molecule has 1 aliphatic carbocycles. The molecule has 10 nitrogen and oxygen atoms in total. The van der Waals surface area contributed by atoms with Crippen molar-refractivity contribution in [1.82, 2.24) is 19.5 Å². The maximum Gasteiger partial charge on any atom is 0.167 e. The van der Waals surface area contributed by atoms with Crippen LogP contribution in [-0.4, -0.2) is 77.0 Å². The molecule has 1 saturated heterocycles. The maximum absolute atomic E-state index is 10.2. The van der Waals surface area contributed by atoms with Gasteiger partial charge in [0.2, 0.25) is 0 Å². The van der Waals surface area contributed by atoms with Gasteiger partial charge >= 0.3 is 0 Å². The molecule has 0 aromatic carbocycles. The van der Waals surface area contributed by atoms with Crippen molar-refractivity contribution < 1.29 is 25.2 Å². The molecule has 5 N–H and O–H groups in total. The number of anilines is 1. The molecule has 1 saturated carbocycles. The van der Waals surface area contributed by atoms with Gasteiger partial charge in [-0.1, -0.05) is 0 Å². The summed E-state index contributed by atoms with van der Waals surface area (Å²) in [5.74, 6) is 0.501. The summed E-state index contributed by atoms with van der Waals surface area (Å²) in [6.45, 7) is -0.400. The standard InChI is InChI=1S/C15H21N5O5/c21-4-9-11(23)12(24)15(25-9)20-6-18-10-13(16-5-17-14(10)20)19-7-2-1-3-8(7)22/h5-9,11-12,15,21-24H,1-4H2,(H,16,17,19)/t7-,8-,9-,11-,12-,15?/m1/s1. The minimum Gasteiger partial charge on any atom is -0.394 e. The van der Waals surface area contributed by atoms with Gasteiger partial charge < -0.3 is 30.5 Å². The lowest BCUT2D eigenvalue weighted by Crippen LogP contribution is -2.33. The number of nitrogens with one attached hydrogen (secondary N) is 1. The maximum atomic E-state index is 10.2. The van der Waals surface area contributed by atoms with Crippen LogP contribution in [0.1, 0.15) is 25.5 Å². The number of nitrogens with zero attached hydrogens (tertiary/aromatic N) is 4. The van der Waals surface area contributed by atoms with Gasteiger partial charge in [0.05, 0.1) is 25.1 Å². The second-order valence-electron chi connectivity index (χ2n) is 6.52. The van der Waals surface area contributed by atoms with Crippen LogP contribution in [0.25, 0.3) is 11.2 Å². The molecule has 2 aromatic rings. The van der Waals surface area contributed by atoms with Crippen molar-refractivity contribution in [2.24, 2.45) is 0 Å². The van der Waals surface area contributed by atoms with Gasteiger partial charge in [-0.25, -0.2) is 15.0 Å². The highest BCUT2D eigenvalue weighted by Crippen LogP contribution is 2.32. The normalized spacial score (nSPS) is 35.5. The predicted molar refractivity (Wildman–Crippen MR) is 85.6 cm³/mol. The van der Waals surface area contributed by atoms with Crippen LogP contribution >= 0.6 is 0 Å². The lowest BCUT2D eigenvalue weighted by molar-refractivity contribution is -0.0511. The van der Waals surface area contributed by atoms with Gasteiger partial charge in [0.25, 0.3) is 0 Å². The summed E-state index contributed by atoms with van der Waals surface area (Å²) in [5.41, 5.74) is 0.916.